The zero-order valence-corrected chi connectivity index (χ0v) is 13.6. The molecule has 2 nitrogen and oxygen atoms in total. The van der Waals surface area contributed by atoms with Gasteiger partial charge in [0.05, 0.1) is 0 Å². The largest absolute Gasteiger partial charge is 0.870 e. The van der Waals surface area contributed by atoms with Crippen molar-refractivity contribution in [3.8, 4) is 0 Å². The number of rotatable bonds is 3. The average molecular weight is 303 g/mol. The summed E-state index contributed by atoms with van der Waals surface area (Å²) in [5.41, 5.74) is 3.84. The number of hydrogen-bond acceptors (Lipinski definition) is 2. The minimum absolute atomic E-state index is 0. The van der Waals surface area contributed by atoms with Crippen LogP contribution in [0.25, 0.3) is 0 Å². The molecule has 0 amide bonds. The van der Waals surface area contributed by atoms with E-state index in [0.29, 0.717) is 5.92 Å². The third kappa shape index (κ3) is 6.94. The van der Waals surface area contributed by atoms with E-state index in [-0.39, 0.29) is 5.48 Å². The molecular weight excluding hydrogens is 281 g/mol. The van der Waals surface area contributed by atoms with Gasteiger partial charge < -0.3 is 5.48 Å². The summed E-state index contributed by atoms with van der Waals surface area (Å²) in [5, 5.41) is 0. The van der Waals surface area contributed by atoms with Gasteiger partial charge in [-0.1, -0.05) is 13.8 Å². The van der Waals surface area contributed by atoms with E-state index in [1.165, 1.54) is 16.5 Å². The van der Waals surface area contributed by atoms with Crippen LogP contribution >= 0.6 is 0 Å². The van der Waals surface area contributed by atoms with E-state index in [0.717, 1.165) is 0 Å². The molecule has 116 valence electrons. The van der Waals surface area contributed by atoms with Crippen molar-refractivity contribution in [2.75, 3.05) is 0 Å². The molecule has 0 aliphatic heterocycles. The monoisotopic (exact) mass is 303 g/mol. The van der Waals surface area contributed by atoms with Crippen molar-refractivity contribution in [3.05, 3.63) is 90.8 Å². The van der Waals surface area contributed by atoms with Crippen LogP contribution in [0.5, 0.6) is 0 Å². The van der Waals surface area contributed by atoms with Gasteiger partial charge in [0.1, 0.15) is 0 Å². The van der Waals surface area contributed by atoms with Gasteiger partial charge in [-0.2, -0.15) is 0 Å². The first kappa shape index (κ1) is 18.7. The van der Waals surface area contributed by atoms with Gasteiger partial charge in [-0.25, -0.2) is 0 Å². The summed E-state index contributed by atoms with van der Waals surface area (Å²) < 4.78 is 0. The molecular formula is C20H22BNO. The molecule has 1 aromatic heterocycles. The van der Waals surface area contributed by atoms with E-state index >= 15 is 0 Å². The molecule has 1 heterocycles. The van der Waals surface area contributed by atoms with Crippen LogP contribution in [0.4, 0.5) is 0 Å². The summed E-state index contributed by atoms with van der Waals surface area (Å²) in [4.78, 5) is 3.93. The van der Waals surface area contributed by atoms with Gasteiger partial charge in [-0.15, -0.1) is 0 Å². The van der Waals surface area contributed by atoms with Gasteiger partial charge in [-0.05, 0) is 23.6 Å². The van der Waals surface area contributed by atoms with Crippen LogP contribution in [0.2, 0.25) is 0 Å². The molecule has 0 fully saturated rings. The third-order valence-corrected chi connectivity index (χ3v) is 3.31. The Hall–Kier alpha value is -2.39. The molecule has 0 spiro atoms. The standard InChI is InChI=1S/C12H10B.C8H11N.H2O/c1-3-7-11(8-4-1)13-12-9-5-2-6-10-12;1-7(2)8-3-5-9-6-4-8;/h1-10H;3-7H,1-2H3;1H2/q+1;;/p-1. The minimum atomic E-state index is 0. The first-order valence-corrected chi connectivity index (χ1v) is 7.60. The predicted octanol–water partition coefficient (Wildman–Crippen LogP) is 3.37. The third-order valence-electron chi connectivity index (χ3n) is 3.31. The van der Waals surface area contributed by atoms with E-state index < -0.39 is 0 Å². The van der Waals surface area contributed by atoms with E-state index in [9.17, 15) is 0 Å². The number of aromatic nitrogens is 1. The van der Waals surface area contributed by atoms with Gasteiger partial charge in [0, 0.05) is 12.4 Å². The topological polar surface area (TPSA) is 42.9 Å². The van der Waals surface area contributed by atoms with Crippen molar-refractivity contribution in [3.63, 3.8) is 0 Å². The molecule has 3 heteroatoms. The average Bonchev–Trinajstić information content (AvgIpc) is 2.58. The van der Waals surface area contributed by atoms with Crippen molar-refractivity contribution in [1.82, 2.24) is 4.98 Å². The molecule has 3 rings (SSSR count). The number of pyridine rings is 1. The van der Waals surface area contributed by atoms with Gasteiger partial charge in [-0.3, -0.25) is 4.98 Å². The van der Waals surface area contributed by atoms with Crippen LogP contribution in [-0.4, -0.2) is 17.7 Å². The molecule has 0 radical (unpaired) electrons. The summed E-state index contributed by atoms with van der Waals surface area (Å²) in [5.74, 6) is 0.619. The van der Waals surface area contributed by atoms with Gasteiger partial charge >= 0.3 is 78.9 Å². The fraction of sp³-hybridized carbons (Fsp3) is 0.150. The van der Waals surface area contributed by atoms with Crippen molar-refractivity contribution in [2.45, 2.75) is 19.8 Å². The molecule has 2 aromatic carbocycles. The Morgan fingerprint density at radius 3 is 1.48 bits per heavy atom. The molecule has 3 aromatic rings. The summed E-state index contributed by atoms with van der Waals surface area (Å²) in [6, 6.07) is 24.8. The molecule has 23 heavy (non-hydrogen) atoms. The summed E-state index contributed by atoms with van der Waals surface area (Å²) in [7, 11) is 2.17. The maximum absolute atomic E-state index is 3.93. The second-order valence-corrected chi connectivity index (χ2v) is 5.40. The van der Waals surface area contributed by atoms with Gasteiger partial charge in [0.25, 0.3) is 0 Å². The Kier molecular flexibility index (Phi) is 8.41. The van der Waals surface area contributed by atoms with Gasteiger partial charge in [0.15, 0.2) is 0 Å². The number of nitrogens with zero attached hydrogens (tertiary/aromatic N) is 1. The van der Waals surface area contributed by atoms with E-state index in [1.54, 1.807) is 0 Å². The number of hydrogen-bond donors (Lipinski definition) is 0. The molecule has 0 atom stereocenters. The Morgan fingerprint density at radius 2 is 1.13 bits per heavy atom. The molecule has 1 N–H and O–H groups in total. The Morgan fingerprint density at radius 1 is 0.696 bits per heavy atom. The van der Waals surface area contributed by atoms with Crippen LogP contribution in [0.1, 0.15) is 25.3 Å². The zero-order valence-electron chi connectivity index (χ0n) is 13.6. The van der Waals surface area contributed by atoms with Gasteiger partial charge in [0.2, 0.25) is 0 Å². The smallest absolute Gasteiger partial charge is 0.870 e. The van der Waals surface area contributed by atoms with Crippen LogP contribution in [0, 0.1) is 0 Å². The van der Waals surface area contributed by atoms with Crippen molar-refractivity contribution in [1.29, 1.82) is 0 Å². The fourth-order valence-corrected chi connectivity index (χ4v) is 2.04. The Labute approximate surface area is 139 Å². The van der Waals surface area contributed by atoms with E-state index in [2.05, 4.69) is 74.6 Å². The first-order chi connectivity index (χ1) is 10.8. The van der Waals surface area contributed by atoms with E-state index in [1.807, 2.05) is 36.7 Å². The molecule has 0 saturated heterocycles. The number of benzene rings is 2. The zero-order chi connectivity index (χ0) is 15.6. The molecule has 0 aliphatic rings. The van der Waals surface area contributed by atoms with Crippen molar-refractivity contribution < 1.29 is 5.48 Å². The molecule has 0 aliphatic carbocycles. The van der Waals surface area contributed by atoms with Crippen LogP contribution < -0.4 is 10.9 Å². The minimum Gasteiger partial charge on any atom is -0.870 e. The maximum Gasteiger partial charge on any atom is -0.870 e. The maximum atomic E-state index is 3.93. The summed E-state index contributed by atoms with van der Waals surface area (Å²) >= 11 is 0. The first-order valence-electron chi connectivity index (χ1n) is 7.60. The summed E-state index contributed by atoms with van der Waals surface area (Å²) in [6.07, 6.45) is 3.66. The normalized spacial score (nSPS) is 9.17. The van der Waals surface area contributed by atoms with Crippen LogP contribution in [0.3, 0.4) is 0 Å². The SMILES string of the molecule is CC(C)c1ccncc1.[B+](c1ccccc1)c1ccccc1.[OH-]. The molecule has 0 saturated carbocycles. The predicted molar refractivity (Wildman–Crippen MR) is 98.2 cm³/mol. The van der Waals surface area contributed by atoms with Crippen LogP contribution in [0.15, 0.2) is 85.2 Å². The van der Waals surface area contributed by atoms with Crippen molar-refractivity contribution >= 4 is 18.2 Å². The molecule has 0 bridgehead atoms. The summed E-state index contributed by atoms with van der Waals surface area (Å²) in [6.45, 7) is 4.35. The quantitative estimate of drug-likeness (QED) is 0.696. The second kappa shape index (κ2) is 10.4. The Balaban J connectivity index is 0.000000235. The van der Waals surface area contributed by atoms with Crippen LogP contribution in [-0.2, 0) is 0 Å². The van der Waals surface area contributed by atoms with E-state index in [4.69, 9.17) is 0 Å². The second-order valence-electron chi connectivity index (χ2n) is 5.40. The van der Waals surface area contributed by atoms with Crippen molar-refractivity contribution in [2.24, 2.45) is 0 Å². The molecule has 0 unspecified atom stereocenters. The Bertz CT molecular complexity index is 605. The fourth-order valence-electron chi connectivity index (χ4n) is 2.04.